The second kappa shape index (κ2) is 5.63. The molecule has 7 heteroatoms. The molecule has 1 aromatic heterocycles. The largest absolute Gasteiger partial charge is 0.369 e. The van der Waals surface area contributed by atoms with Gasteiger partial charge in [-0.2, -0.15) is 0 Å². The summed E-state index contributed by atoms with van der Waals surface area (Å²) in [5, 5.41) is 3.12. The minimum atomic E-state index is -0.360. The van der Waals surface area contributed by atoms with Gasteiger partial charge in [-0.15, -0.1) is 11.3 Å². The lowest BCUT2D eigenvalue weighted by atomic mass is 10.0. The Kier molecular flexibility index (Phi) is 3.84. The molecule has 0 spiro atoms. The lowest BCUT2D eigenvalue weighted by Gasteiger charge is -2.36. The highest BCUT2D eigenvalue weighted by atomic mass is 32.1. The number of carbonyl (C=O) groups excluding carboxylic acids is 2. The van der Waals surface area contributed by atoms with Gasteiger partial charge in [0.1, 0.15) is 0 Å². The van der Waals surface area contributed by atoms with Crippen LogP contribution in [0.1, 0.15) is 25.0 Å². The van der Waals surface area contributed by atoms with Crippen LogP contribution in [-0.4, -0.2) is 47.4 Å². The van der Waals surface area contributed by atoms with Gasteiger partial charge in [0.15, 0.2) is 5.13 Å². The van der Waals surface area contributed by atoms with E-state index in [0.717, 1.165) is 36.8 Å². The van der Waals surface area contributed by atoms with Gasteiger partial charge in [0.2, 0.25) is 11.8 Å². The topological polar surface area (TPSA) is 79.5 Å². The number of carbonyl (C=O) groups is 2. The number of aromatic nitrogens is 1. The molecule has 114 valence electrons. The number of primary amides is 1. The summed E-state index contributed by atoms with van der Waals surface area (Å²) >= 11 is 1.67. The monoisotopic (exact) mass is 308 g/mol. The summed E-state index contributed by atoms with van der Waals surface area (Å²) in [7, 11) is 0. The number of hydrogen-bond acceptors (Lipinski definition) is 5. The molecule has 3 rings (SSSR count). The summed E-state index contributed by atoms with van der Waals surface area (Å²) in [6.07, 6.45) is 2.13. The molecular formula is C14H20N4O2S. The SMILES string of the molecule is Cc1csc(N2CCC(N3CC(C(N)=O)CC3=O)CC2)n1. The number of hydrogen-bond donors (Lipinski definition) is 1. The van der Waals surface area contributed by atoms with Crippen LogP contribution in [0.5, 0.6) is 0 Å². The Hall–Kier alpha value is -1.63. The fourth-order valence-electron chi connectivity index (χ4n) is 3.13. The van der Waals surface area contributed by atoms with Crippen LogP contribution in [0.25, 0.3) is 0 Å². The molecule has 2 fully saturated rings. The number of thiazole rings is 1. The zero-order chi connectivity index (χ0) is 15.0. The molecule has 2 amide bonds. The zero-order valence-corrected chi connectivity index (χ0v) is 12.9. The van der Waals surface area contributed by atoms with Crippen molar-refractivity contribution < 1.29 is 9.59 Å². The van der Waals surface area contributed by atoms with Crippen molar-refractivity contribution in [3.63, 3.8) is 0 Å². The molecule has 21 heavy (non-hydrogen) atoms. The lowest BCUT2D eigenvalue weighted by Crippen LogP contribution is -2.46. The second-order valence-electron chi connectivity index (χ2n) is 5.84. The van der Waals surface area contributed by atoms with Crippen molar-refractivity contribution >= 4 is 28.3 Å². The number of piperidine rings is 1. The Morgan fingerprint density at radius 2 is 2.14 bits per heavy atom. The van der Waals surface area contributed by atoms with Crippen LogP contribution < -0.4 is 10.6 Å². The van der Waals surface area contributed by atoms with E-state index in [2.05, 4.69) is 15.3 Å². The second-order valence-corrected chi connectivity index (χ2v) is 6.68. The summed E-state index contributed by atoms with van der Waals surface area (Å²) in [5.41, 5.74) is 6.37. The highest BCUT2D eigenvalue weighted by Gasteiger charge is 2.38. The molecule has 1 atom stereocenters. The van der Waals surface area contributed by atoms with Gasteiger partial charge in [-0.1, -0.05) is 0 Å². The molecule has 3 heterocycles. The van der Waals surface area contributed by atoms with Crippen molar-refractivity contribution in [3.05, 3.63) is 11.1 Å². The number of likely N-dealkylation sites (tertiary alicyclic amines) is 1. The van der Waals surface area contributed by atoms with Crippen molar-refractivity contribution in [1.82, 2.24) is 9.88 Å². The Morgan fingerprint density at radius 3 is 2.67 bits per heavy atom. The minimum Gasteiger partial charge on any atom is -0.369 e. The fraction of sp³-hybridized carbons (Fsp3) is 0.643. The van der Waals surface area contributed by atoms with E-state index in [9.17, 15) is 9.59 Å². The van der Waals surface area contributed by atoms with Crippen LogP contribution in [0.15, 0.2) is 5.38 Å². The Balaban J connectivity index is 1.58. The van der Waals surface area contributed by atoms with E-state index in [-0.39, 0.29) is 30.2 Å². The zero-order valence-electron chi connectivity index (χ0n) is 12.1. The summed E-state index contributed by atoms with van der Waals surface area (Å²) < 4.78 is 0. The third-order valence-electron chi connectivity index (χ3n) is 4.34. The molecule has 0 radical (unpaired) electrons. The van der Waals surface area contributed by atoms with E-state index < -0.39 is 0 Å². The van der Waals surface area contributed by atoms with Crippen molar-refractivity contribution in [3.8, 4) is 0 Å². The summed E-state index contributed by atoms with van der Waals surface area (Å²) in [6, 6.07) is 0.235. The van der Waals surface area contributed by atoms with Crippen LogP contribution in [0.4, 0.5) is 5.13 Å². The van der Waals surface area contributed by atoms with E-state index in [4.69, 9.17) is 5.73 Å². The van der Waals surface area contributed by atoms with Gasteiger partial charge in [0.05, 0.1) is 11.6 Å². The maximum absolute atomic E-state index is 12.0. The van der Waals surface area contributed by atoms with Gasteiger partial charge < -0.3 is 15.5 Å². The lowest BCUT2D eigenvalue weighted by molar-refractivity contribution is -0.130. The van der Waals surface area contributed by atoms with Crippen LogP contribution in [-0.2, 0) is 9.59 Å². The van der Waals surface area contributed by atoms with Gasteiger partial charge in [-0.3, -0.25) is 9.59 Å². The number of nitrogens with two attached hydrogens (primary N) is 1. The molecule has 0 saturated carbocycles. The van der Waals surface area contributed by atoms with Crippen LogP contribution in [0.3, 0.4) is 0 Å². The number of anilines is 1. The van der Waals surface area contributed by atoms with E-state index in [1.165, 1.54) is 0 Å². The van der Waals surface area contributed by atoms with E-state index in [1.54, 1.807) is 11.3 Å². The van der Waals surface area contributed by atoms with Gasteiger partial charge >= 0.3 is 0 Å². The highest BCUT2D eigenvalue weighted by molar-refractivity contribution is 7.13. The first-order valence-electron chi connectivity index (χ1n) is 7.30. The Bertz CT molecular complexity index is 551. The molecule has 0 aromatic carbocycles. The first-order valence-corrected chi connectivity index (χ1v) is 8.18. The third-order valence-corrected chi connectivity index (χ3v) is 5.36. The summed E-state index contributed by atoms with van der Waals surface area (Å²) in [4.78, 5) is 31.9. The molecule has 1 aromatic rings. The van der Waals surface area contributed by atoms with Gasteiger partial charge in [0.25, 0.3) is 0 Å². The quantitative estimate of drug-likeness (QED) is 0.894. The number of amides is 2. The maximum Gasteiger partial charge on any atom is 0.223 e. The Labute approximate surface area is 127 Å². The molecule has 2 aliphatic heterocycles. The van der Waals surface area contributed by atoms with Crippen molar-refractivity contribution in [2.24, 2.45) is 11.7 Å². The highest BCUT2D eigenvalue weighted by Crippen LogP contribution is 2.28. The molecule has 2 saturated heterocycles. The minimum absolute atomic E-state index is 0.0716. The standard InChI is InChI=1S/C14H20N4O2S/c1-9-8-21-14(16-9)17-4-2-11(3-5-17)18-7-10(13(15)20)6-12(18)19/h8,10-11H,2-7H2,1H3,(H2,15,20). The van der Waals surface area contributed by atoms with E-state index in [0.29, 0.717) is 6.54 Å². The van der Waals surface area contributed by atoms with Gasteiger partial charge in [0, 0.05) is 37.5 Å². The van der Waals surface area contributed by atoms with Crippen molar-refractivity contribution in [1.29, 1.82) is 0 Å². The molecule has 1 unspecified atom stereocenters. The molecule has 2 N–H and O–H groups in total. The smallest absolute Gasteiger partial charge is 0.223 e. The molecule has 6 nitrogen and oxygen atoms in total. The first-order chi connectivity index (χ1) is 10.0. The summed E-state index contributed by atoms with van der Waals surface area (Å²) in [5.74, 6) is -0.596. The fourth-order valence-corrected chi connectivity index (χ4v) is 3.99. The normalized spacial score (nSPS) is 23.9. The molecule has 2 aliphatic rings. The number of aryl methyl sites for hydroxylation is 1. The van der Waals surface area contributed by atoms with Crippen LogP contribution >= 0.6 is 11.3 Å². The number of rotatable bonds is 3. The van der Waals surface area contributed by atoms with Crippen molar-refractivity contribution in [2.45, 2.75) is 32.2 Å². The van der Waals surface area contributed by atoms with Crippen LogP contribution in [0, 0.1) is 12.8 Å². The Morgan fingerprint density at radius 1 is 1.43 bits per heavy atom. The molecule has 0 bridgehead atoms. The number of nitrogens with zero attached hydrogens (tertiary/aromatic N) is 3. The predicted octanol–water partition coefficient (Wildman–Crippen LogP) is 0.754. The summed E-state index contributed by atoms with van der Waals surface area (Å²) in [6.45, 7) is 4.31. The molecular weight excluding hydrogens is 288 g/mol. The third kappa shape index (κ3) is 2.88. The van der Waals surface area contributed by atoms with Crippen molar-refractivity contribution in [2.75, 3.05) is 24.5 Å². The van der Waals surface area contributed by atoms with Gasteiger partial charge in [-0.25, -0.2) is 4.98 Å². The average Bonchev–Trinajstić information content (AvgIpc) is 3.05. The maximum atomic E-state index is 12.0. The molecule has 0 aliphatic carbocycles. The van der Waals surface area contributed by atoms with E-state index in [1.807, 2.05) is 11.8 Å². The predicted molar refractivity (Wildman–Crippen MR) is 81.1 cm³/mol. The van der Waals surface area contributed by atoms with Gasteiger partial charge in [-0.05, 0) is 19.8 Å². The van der Waals surface area contributed by atoms with Crippen LogP contribution in [0.2, 0.25) is 0 Å². The first kappa shape index (κ1) is 14.3. The average molecular weight is 308 g/mol. The van der Waals surface area contributed by atoms with E-state index >= 15 is 0 Å².